The maximum Gasteiger partial charge on any atom is 0.265 e. The Balaban J connectivity index is 1.82. The van der Waals surface area contributed by atoms with E-state index in [1.165, 1.54) is 0 Å². The lowest BCUT2D eigenvalue weighted by Gasteiger charge is -2.40. The Morgan fingerprint density at radius 1 is 1.00 bits per heavy atom. The van der Waals surface area contributed by atoms with Crippen LogP contribution >= 0.6 is 0 Å². The molecule has 0 aromatic heterocycles. The van der Waals surface area contributed by atoms with Crippen LogP contribution < -0.4 is 0 Å². The quantitative estimate of drug-likeness (QED) is 0.813. The minimum atomic E-state index is -3.62. The predicted molar refractivity (Wildman–Crippen MR) is 104 cm³/mol. The molecule has 0 N–H and O–H groups in total. The van der Waals surface area contributed by atoms with E-state index in [2.05, 4.69) is 12.1 Å². The van der Waals surface area contributed by atoms with E-state index in [9.17, 15) is 8.42 Å². The number of benzene rings is 2. The fraction of sp³-hybridized carbons (Fsp3) is 0.381. The van der Waals surface area contributed by atoms with Crippen LogP contribution in [0.2, 0.25) is 0 Å². The molecular formula is C21H24N2O2S. The Labute approximate surface area is 155 Å². The summed E-state index contributed by atoms with van der Waals surface area (Å²) >= 11 is 0. The Hall–Kier alpha value is -2.14. The van der Waals surface area contributed by atoms with Gasteiger partial charge >= 0.3 is 0 Å². The van der Waals surface area contributed by atoms with Crippen molar-refractivity contribution in [2.45, 2.75) is 56.0 Å². The van der Waals surface area contributed by atoms with E-state index in [1.54, 1.807) is 16.4 Å². The molecule has 26 heavy (non-hydrogen) atoms. The molecule has 2 aromatic carbocycles. The zero-order valence-corrected chi connectivity index (χ0v) is 16.0. The fourth-order valence-corrected chi connectivity index (χ4v) is 6.15. The highest BCUT2D eigenvalue weighted by molar-refractivity contribution is 7.89. The number of nitrogens with zero attached hydrogens (tertiary/aromatic N) is 2. The van der Waals surface area contributed by atoms with E-state index in [1.807, 2.05) is 44.2 Å². The van der Waals surface area contributed by atoms with Crippen LogP contribution in [0.3, 0.4) is 0 Å². The highest BCUT2D eigenvalue weighted by Gasteiger charge is 2.53. The smallest absolute Gasteiger partial charge is 0.258 e. The molecule has 1 heterocycles. The van der Waals surface area contributed by atoms with Crippen molar-refractivity contribution in [3.05, 3.63) is 65.7 Å². The van der Waals surface area contributed by atoms with Crippen LogP contribution in [0.4, 0.5) is 0 Å². The van der Waals surface area contributed by atoms with Gasteiger partial charge in [0.1, 0.15) is 11.4 Å². The van der Waals surface area contributed by atoms with Crippen LogP contribution in [0, 0.1) is 6.92 Å². The van der Waals surface area contributed by atoms with Crippen molar-refractivity contribution in [3.63, 3.8) is 0 Å². The van der Waals surface area contributed by atoms with E-state index >= 15 is 0 Å². The largest absolute Gasteiger partial charge is 0.265 e. The van der Waals surface area contributed by atoms with E-state index < -0.39 is 15.6 Å². The molecule has 5 heteroatoms. The topological polar surface area (TPSA) is 49.7 Å². The van der Waals surface area contributed by atoms with Crippen molar-refractivity contribution in [2.75, 3.05) is 0 Å². The van der Waals surface area contributed by atoms with Crippen molar-refractivity contribution >= 4 is 15.9 Å². The van der Waals surface area contributed by atoms with Crippen molar-refractivity contribution in [1.29, 1.82) is 0 Å². The first-order valence-corrected chi connectivity index (χ1v) is 10.6. The van der Waals surface area contributed by atoms with Crippen LogP contribution in [-0.2, 0) is 15.6 Å². The fourth-order valence-electron chi connectivity index (χ4n) is 4.44. The first kappa shape index (κ1) is 17.3. The van der Waals surface area contributed by atoms with Crippen LogP contribution in [0.1, 0.15) is 43.7 Å². The monoisotopic (exact) mass is 368 g/mol. The SMILES string of the molecule is CC1=N[C@@]2(c3ccccc3)CCCC[C@H]2N1S(=O)(=O)c1ccc(C)cc1. The molecular weight excluding hydrogens is 344 g/mol. The lowest BCUT2D eigenvalue weighted by Crippen LogP contribution is -2.49. The number of fused-ring (bicyclic) bond motifs is 1. The third-order valence-corrected chi connectivity index (χ3v) is 7.56. The lowest BCUT2D eigenvalue weighted by atomic mass is 9.74. The van der Waals surface area contributed by atoms with Gasteiger partial charge in [-0.2, -0.15) is 0 Å². The number of sulfonamides is 1. The van der Waals surface area contributed by atoms with Crippen molar-refractivity contribution in [2.24, 2.45) is 4.99 Å². The number of aryl methyl sites for hydroxylation is 1. The standard InChI is InChI=1S/C21H24N2O2S/c1-16-11-13-19(14-12-16)26(24,25)23-17(2)22-21(15-7-6-10-20(21)23)18-8-4-3-5-9-18/h3-5,8-9,11-14,20H,6-7,10,15H2,1-2H3/t20-,21-/m1/s1. The van der Waals surface area contributed by atoms with Crippen molar-refractivity contribution < 1.29 is 8.42 Å². The number of aliphatic imine (C=N–C) groups is 1. The summed E-state index contributed by atoms with van der Waals surface area (Å²) in [7, 11) is -3.62. The van der Waals surface area contributed by atoms with Gasteiger partial charge < -0.3 is 0 Å². The predicted octanol–water partition coefficient (Wildman–Crippen LogP) is 4.26. The molecule has 0 bridgehead atoms. The Kier molecular flexibility index (Phi) is 4.14. The number of amidine groups is 1. The van der Waals surface area contributed by atoms with Gasteiger partial charge in [0.15, 0.2) is 0 Å². The summed E-state index contributed by atoms with van der Waals surface area (Å²) in [6, 6.07) is 17.1. The molecule has 0 saturated heterocycles. The Morgan fingerprint density at radius 2 is 1.69 bits per heavy atom. The van der Waals surface area contributed by atoms with Gasteiger partial charge in [0, 0.05) is 0 Å². The highest BCUT2D eigenvalue weighted by atomic mass is 32.2. The maximum absolute atomic E-state index is 13.4. The average molecular weight is 369 g/mol. The lowest BCUT2D eigenvalue weighted by molar-refractivity contribution is 0.215. The van der Waals surface area contributed by atoms with Gasteiger partial charge in [-0.1, -0.05) is 60.9 Å². The summed E-state index contributed by atoms with van der Waals surface area (Å²) in [6.07, 6.45) is 3.82. The Bertz CT molecular complexity index is 936. The minimum Gasteiger partial charge on any atom is -0.258 e. The summed E-state index contributed by atoms with van der Waals surface area (Å²) in [5.74, 6) is 0.598. The average Bonchev–Trinajstić information content (AvgIpc) is 2.96. The normalized spacial score (nSPS) is 25.7. The van der Waals surface area contributed by atoms with Crippen LogP contribution in [0.25, 0.3) is 0 Å². The molecule has 2 atom stereocenters. The van der Waals surface area contributed by atoms with Crippen LogP contribution in [0.5, 0.6) is 0 Å². The maximum atomic E-state index is 13.4. The number of hydrogen-bond donors (Lipinski definition) is 0. The molecule has 0 spiro atoms. The minimum absolute atomic E-state index is 0.148. The van der Waals surface area contributed by atoms with Crippen LogP contribution in [0.15, 0.2) is 64.5 Å². The van der Waals surface area contributed by atoms with Gasteiger partial charge in [-0.15, -0.1) is 0 Å². The second kappa shape index (κ2) is 6.23. The first-order valence-electron chi connectivity index (χ1n) is 9.18. The Morgan fingerprint density at radius 3 is 2.38 bits per heavy atom. The zero-order valence-electron chi connectivity index (χ0n) is 15.2. The molecule has 1 fully saturated rings. The highest BCUT2D eigenvalue weighted by Crippen LogP contribution is 2.48. The molecule has 0 amide bonds. The van der Waals surface area contributed by atoms with Gasteiger partial charge in [0.25, 0.3) is 10.0 Å². The molecule has 0 radical (unpaired) electrons. The van der Waals surface area contributed by atoms with Gasteiger partial charge in [0.2, 0.25) is 0 Å². The third kappa shape index (κ3) is 2.57. The second-order valence-electron chi connectivity index (χ2n) is 7.32. The molecule has 1 aliphatic heterocycles. The second-order valence-corrected chi connectivity index (χ2v) is 9.14. The summed E-state index contributed by atoms with van der Waals surface area (Å²) in [5, 5.41) is 0. The van der Waals surface area contributed by atoms with Gasteiger partial charge in [-0.05, 0) is 44.4 Å². The number of hydrogen-bond acceptors (Lipinski definition) is 3. The summed E-state index contributed by atoms with van der Waals surface area (Å²) in [6.45, 7) is 3.79. The van der Waals surface area contributed by atoms with Crippen molar-refractivity contribution in [1.82, 2.24) is 4.31 Å². The van der Waals surface area contributed by atoms with Crippen LogP contribution in [-0.4, -0.2) is 24.6 Å². The van der Waals surface area contributed by atoms with Crippen molar-refractivity contribution in [3.8, 4) is 0 Å². The molecule has 2 aromatic rings. The molecule has 4 rings (SSSR count). The summed E-state index contributed by atoms with van der Waals surface area (Å²) in [5.41, 5.74) is 1.71. The molecule has 0 unspecified atom stereocenters. The van der Waals surface area contributed by atoms with Gasteiger partial charge in [0.05, 0.1) is 10.9 Å². The number of rotatable bonds is 3. The van der Waals surface area contributed by atoms with Gasteiger partial charge in [-0.25, -0.2) is 12.7 Å². The third-order valence-electron chi connectivity index (χ3n) is 5.65. The van der Waals surface area contributed by atoms with E-state index in [-0.39, 0.29) is 6.04 Å². The van der Waals surface area contributed by atoms with Gasteiger partial charge in [-0.3, -0.25) is 4.99 Å². The van der Waals surface area contributed by atoms with E-state index in [4.69, 9.17) is 4.99 Å². The van der Waals surface area contributed by atoms with E-state index in [0.717, 1.165) is 36.8 Å². The first-order chi connectivity index (χ1) is 12.4. The zero-order chi connectivity index (χ0) is 18.4. The summed E-state index contributed by atoms with van der Waals surface area (Å²) < 4.78 is 28.4. The molecule has 2 aliphatic rings. The molecule has 136 valence electrons. The molecule has 4 nitrogen and oxygen atoms in total. The van der Waals surface area contributed by atoms with E-state index in [0.29, 0.717) is 10.7 Å². The molecule has 1 aliphatic carbocycles. The summed E-state index contributed by atoms with van der Waals surface area (Å²) in [4.78, 5) is 5.31. The molecule has 1 saturated carbocycles.